The summed E-state index contributed by atoms with van der Waals surface area (Å²) in [6.07, 6.45) is 3.78. The normalized spacial score (nSPS) is 38.0. The lowest BCUT2D eigenvalue weighted by Crippen LogP contribution is -2.55. The Balaban J connectivity index is 2.02. The molecule has 0 aromatic rings. The standard InChI is InChI=1S/C16H30N2O3/c1-11(2)17-16(15(19)20)7-5-13(9-16)18-8-6-12(3)14(10-18)21-4/h11-14,17H,5-10H2,1-4H3,(H,19,20). The summed E-state index contributed by atoms with van der Waals surface area (Å²) in [5.41, 5.74) is -0.746. The smallest absolute Gasteiger partial charge is 0.323 e. The number of carboxylic acid groups (broad SMARTS) is 1. The number of carbonyl (C=O) groups is 1. The van der Waals surface area contributed by atoms with Crippen LogP contribution in [0.15, 0.2) is 0 Å². The van der Waals surface area contributed by atoms with E-state index in [4.69, 9.17) is 4.74 Å². The van der Waals surface area contributed by atoms with Gasteiger partial charge in [-0.15, -0.1) is 0 Å². The zero-order valence-corrected chi connectivity index (χ0v) is 13.8. The fourth-order valence-corrected chi connectivity index (χ4v) is 3.97. The number of aliphatic carboxylic acids is 1. The van der Waals surface area contributed by atoms with Crippen LogP contribution in [0.2, 0.25) is 0 Å². The third kappa shape index (κ3) is 3.58. The number of nitrogens with one attached hydrogen (secondary N) is 1. The van der Waals surface area contributed by atoms with E-state index in [-0.39, 0.29) is 12.1 Å². The number of methoxy groups -OCH3 is 1. The van der Waals surface area contributed by atoms with Crippen molar-refractivity contribution < 1.29 is 14.6 Å². The molecular formula is C16H30N2O3. The highest BCUT2D eigenvalue weighted by atomic mass is 16.5. The summed E-state index contributed by atoms with van der Waals surface area (Å²) < 4.78 is 5.58. The van der Waals surface area contributed by atoms with Gasteiger partial charge in [0.2, 0.25) is 0 Å². The molecule has 1 saturated heterocycles. The van der Waals surface area contributed by atoms with Crippen molar-refractivity contribution in [1.82, 2.24) is 10.2 Å². The molecule has 0 bridgehead atoms. The van der Waals surface area contributed by atoms with Gasteiger partial charge in [0.1, 0.15) is 5.54 Å². The maximum atomic E-state index is 11.8. The van der Waals surface area contributed by atoms with Crippen molar-refractivity contribution >= 4 is 5.97 Å². The Morgan fingerprint density at radius 1 is 1.43 bits per heavy atom. The van der Waals surface area contributed by atoms with Crippen molar-refractivity contribution in [2.24, 2.45) is 5.92 Å². The van der Waals surface area contributed by atoms with Crippen LogP contribution in [0.5, 0.6) is 0 Å². The van der Waals surface area contributed by atoms with Crippen molar-refractivity contribution in [2.75, 3.05) is 20.2 Å². The van der Waals surface area contributed by atoms with Gasteiger partial charge in [-0.25, -0.2) is 0 Å². The number of ether oxygens (including phenoxy) is 1. The van der Waals surface area contributed by atoms with Crippen LogP contribution in [0.3, 0.4) is 0 Å². The first-order valence-electron chi connectivity index (χ1n) is 8.16. The molecule has 2 N–H and O–H groups in total. The van der Waals surface area contributed by atoms with Gasteiger partial charge in [-0.2, -0.15) is 0 Å². The van der Waals surface area contributed by atoms with Crippen LogP contribution in [0.4, 0.5) is 0 Å². The number of hydrogen-bond acceptors (Lipinski definition) is 4. The Kier molecular flexibility index (Phi) is 5.28. The Hall–Kier alpha value is -0.650. The van der Waals surface area contributed by atoms with Crippen molar-refractivity contribution in [3.8, 4) is 0 Å². The van der Waals surface area contributed by atoms with E-state index in [0.717, 1.165) is 32.4 Å². The number of nitrogens with zero attached hydrogens (tertiary/aromatic N) is 1. The monoisotopic (exact) mass is 298 g/mol. The summed E-state index contributed by atoms with van der Waals surface area (Å²) in [5, 5.41) is 13.0. The molecule has 0 aromatic carbocycles. The van der Waals surface area contributed by atoms with Crippen molar-refractivity contribution in [3.05, 3.63) is 0 Å². The Morgan fingerprint density at radius 3 is 2.71 bits per heavy atom. The highest BCUT2D eigenvalue weighted by molar-refractivity contribution is 5.79. The predicted octanol–water partition coefficient (Wildman–Crippen LogP) is 1.72. The molecule has 122 valence electrons. The third-order valence-electron chi connectivity index (χ3n) is 5.20. The number of hydrogen-bond donors (Lipinski definition) is 2. The van der Waals surface area contributed by atoms with Crippen LogP contribution in [0, 0.1) is 5.92 Å². The van der Waals surface area contributed by atoms with Gasteiger partial charge in [-0.3, -0.25) is 15.0 Å². The van der Waals surface area contributed by atoms with E-state index in [0.29, 0.717) is 18.4 Å². The summed E-state index contributed by atoms with van der Waals surface area (Å²) in [4.78, 5) is 14.2. The quantitative estimate of drug-likeness (QED) is 0.809. The van der Waals surface area contributed by atoms with Crippen LogP contribution in [0.25, 0.3) is 0 Å². The van der Waals surface area contributed by atoms with Gasteiger partial charge in [0.05, 0.1) is 6.10 Å². The molecule has 0 radical (unpaired) electrons. The Bertz CT molecular complexity index is 375. The average molecular weight is 298 g/mol. The second-order valence-electron chi connectivity index (χ2n) is 7.12. The highest BCUT2D eigenvalue weighted by Crippen LogP contribution is 2.36. The number of carboxylic acids is 1. The zero-order valence-electron chi connectivity index (χ0n) is 13.8. The van der Waals surface area contributed by atoms with Gasteiger partial charge < -0.3 is 9.84 Å². The second-order valence-corrected chi connectivity index (χ2v) is 7.12. The van der Waals surface area contributed by atoms with E-state index < -0.39 is 11.5 Å². The summed E-state index contributed by atoms with van der Waals surface area (Å²) in [7, 11) is 1.78. The molecule has 0 spiro atoms. The van der Waals surface area contributed by atoms with Crippen LogP contribution < -0.4 is 5.32 Å². The molecule has 1 heterocycles. The van der Waals surface area contributed by atoms with Gasteiger partial charge in [0.25, 0.3) is 0 Å². The maximum absolute atomic E-state index is 11.8. The van der Waals surface area contributed by atoms with Gasteiger partial charge in [-0.05, 0) is 52.0 Å². The molecule has 0 amide bonds. The maximum Gasteiger partial charge on any atom is 0.323 e. The number of piperidine rings is 1. The van der Waals surface area contributed by atoms with E-state index >= 15 is 0 Å². The first-order valence-corrected chi connectivity index (χ1v) is 8.16. The molecule has 5 heteroatoms. The van der Waals surface area contributed by atoms with Gasteiger partial charge >= 0.3 is 5.97 Å². The minimum Gasteiger partial charge on any atom is -0.480 e. The fraction of sp³-hybridized carbons (Fsp3) is 0.938. The molecule has 1 aliphatic carbocycles. The van der Waals surface area contributed by atoms with Crippen LogP contribution in [-0.4, -0.2) is 59.9 Å². The molecule has 1 saturated carbocycles. The number of likely N-dealkylation sites (tertiary alicyclic amines) is 1. The molecule has 4 unspecified atom stereocenters. The average Bonchev–Trinajstić information content (AvgIpc) is 2.84. The van der Waals surface area contributed by atoms with Crippen LogP contribution in [-0.2, 0) is 9.53 Å². The molecular weight excluding hydrogens is 268 g/mol. The van der Waals surface area contributed by atoms with E-state index in [1.54, 1.807) is 7.11 Å². The minimum absolute atomic E-state index is 0.188. The lowest BCUT2D eigenvalue weighted by atomic mass is 9.93. The molecule has 4 atom stereocenters. The first kappa shape index (κ1) is 16.7. The molecule has 2 aliphatic rings. The SMILES string of the molecule is COC1CN(C2CCC(NC(C)C)(C(=O)O)C2)CCC1C. The summed E-state index contributed by atoms with van der Waals surface area (Å²) in [5.74, 6) is -0.113. The van der Waals surface area contributed by atoms with Gasteiger partial charge in [0, 0.05) is 25.7 Å². The van der Waals surface area contributed by atoms with Crippen molar-refractivity contribution in [2.45, 2.75) is 70.2 Å². The molecule has 0 aromatic heterocycles. The van der Waals surface area contributed by atoms with E-state index in [2.05, 4.69) is 17.1 Å². The van der Waals surface area contributed by atoms with Crippen LogP contribution in [0.1, 0.15) is 46.5 Å². The fourth-order valence-electron chi connectivity index (χ4n) is 3.97. The number of rotatable bonds is 5. The van der Waals surface area contributed by atoms with Crippen molar-refractivity contribution in [1.29, 1.82) is 0 Å². The molecule has 2 rings (SSSR count). The molecule has 2 fully saturated rings. The predicted molar refractivity (Wildman–Crippen MR) is 82.4 cm³/mol. The van der Waals surface area contributed by atoms with E-state index in [1.165, 1.54) is 0 Å². The molecule has 21 heavy (non-hydrogen) atoms. The lowest BCUT2D eigenvalue weighted by Gasteiger charge is -2.40. The van der Waals surface area contributed by atoms with Gasteiger partial charge in [-0.1, -0.05) is 6.92 Å². The summed E-state index contributed by atoms with van der Waals surface area (Å²) in [6, 6.07) is 0.547. The highest BCUT2D eigenvalue weighted by Gasteiger charge is 2.48. The largest absolute Gasteiger partial charge is 0.480 e. The molecule has 5 nitrogen and oxygen atoms in total. The second kappa shape index (κ2) is 6.63. The lowest BCUT2D eigenvalue weighted by molar-refractivity contribution is -0.145. The van der Waals surface area contributed by atoms with E-state index in [9.17, 15) is 9.90 Å². The van der Waals surface area contributed by atoms with Crippen molar-refractivity contribution in [3.63, 3.8) is 0 Å². The minimum atomic E-state index is -0.746. The Morgan fingerprint density at radius 2 is 2.14 bits per heavy atom. The Labute approximate surface area is 128 Å². The van der Waals surface area contributed by atoms with E-state index in [1.807, 2.05) is 13.8 Å². The summed E-state index contributed by atoms with van der Waals surface area (Å²) in [6.45, 7) is 8.26. The zero-order chi connectivity index (χ0) is 15.6. The summed E-state index contributed by atoms with van der Waals surface area (Å²) >= 11 is 0. The topological polar surface area (TPSA) is 61.8 Å². The first-order chi connectivity index (χ1) is 9.88. The molecule has 1 aliphatic heterocycles. The van der Waals surface area contributed by atoms with Gasteiger partial charge in [0.15, 0.2) is 0 Å². The van der Waals surface area contributed by atoms with Crippen LogP contribution >= 0.6 is 0 Å². The third-order valence-corrected chi connectivity index (χ3v) is 5.20.